The fourth-order valence-electron chi connectivity index (χ4n) is 2.41. The quantitative estimate of drug-likeness (QED) is 0.775. The van der Waals surface area contributed by atoms with E-state index in [9.17, 15) is 4.79 Å². The summed E-state index contributed by atoms with van der Waals surface area (Å²) in [6.07, 6.45) is 2.76. The van der Waals surface area contributed by atoms with E-state index in [1.54, 1.807) is 0 Å². The van der Waals surface area contributed by atoms with Crippen LogP contribution < -0.4 is 5.73 Å². The van der Waals surface area contributed by atoms with Crippen LogP contribution in [0.1, 0.15) is 16.8 Å². The second-order valence-corrected chi connectivity index (χ2v) is 4.54. The van der Waals surface area contributed by atoms with Crippen LogP contribution in [-0.2, 0) is 0 Å². The Morgan fingerprint density at radius 2 is 2.29 bits per heavy atom. The highest BCUT2D eigenvalue weighted by atomic mass is 16.2. The summed E-state index contributed by atoms with van der Waals surface area (Å²) in [5, 5.41) is 0.984. The van der Waals surface area contributed by atoms with Crippen LogP contribution in [0.15, 0.2) is 30.5 Å². The predicted octanol–water partition coefficient (Wildman–Crippen LogP) is 1.34. The van der Waals surface area contributed by atoms with E-state index in [0.29, 0.717) is 6.54 Å². The van der Waals surface area contributed by atoms with Crippen LogP contribution >= 0.6 is 0 Å². The van der Waals surface area contributed by atoms with Gasteiger partial charge in [0.05, 0.1) is 0 Å². The second-order valence-electron chi connectivity index (χ2n) is 4.54. The minimum Gasteiger partial charge on any atom is -0.361 e. The summed E-state index contributed by atoms with van der Waals surface area (Å²) in [6, 6.07) is 7.83. The number of hydrogen-bond acceptors (Lipinski definition) is 2. The van der Waals surface area contributed by atoms with E-state index >= 15 is 0 Å². The molecule has 4 nitrogen and oxygen atoms in total. The van der Waals surface area contributed by atoms with E-state index in [2.05, 4.69) is 4.98 Å². The Kier molecular flexibility index (Phi) is 2.37. The molecule has 3 rings (SSSR count). The Labute approximate surface area is 99.4 Å². The normalized spacial score (nSPS) is 20.1. The molecule has 17 heavy (non-hydrogen) atoms. The van der Waals surface area contributed by atoms with Crippen LogP contribution in [0.3, 0.4) is 0 Å². The van der Waals surface area contributed by atoms with Crippen LogP contribution in [0.5, 0.6) is 0 Å². The summed E-state index contributed by atoms with van der Waals surface area (Å²) in [5.74, 6) is 0.0863. The lowest BCUT2D eigenvalue weighted by molar-refractivity contribution is 0.0793. The smallest absolute Gasteiger partial charge is 0.254 e. The van der Waals surface area contributed by atoms with Crippen molar-refractivity contribution < 1.29 is 4.79 Å². The van der Waals surface area contributed by atoms with Gasteiger partial charge in [-0.1, -0.05) is 6.07 Å². The number of nitrogens with one attached hydrogen (secondary N) is 1. The number of likely N-dealkylation sites (tertiary alicyclic amines) is 1. The standard InChI is InChI=1S/C13H15N3O/c14-9-5-7-16(8-9)13(17)11-2-1-3-12-10(11)4-6-15-12/h1-4,6,9,15H,5,7-8,14H2/t9-/m0/s1. The summed E-state index contributed by atoms with van der Waals surface area (Å²) >= 11 is 0. The average molecular weight is 229 g/mol. The van der Waals surface area contributed by atoms with Gasteiger partial charge in [0.2, 0.25) is 0 Å². The topological polar surface area (TPSA) is 62.1 Å². The fourth-order valence-corrected chi connectivity index (χ4v) is 2.41. The molecule has 0 unspecified atom stereocenters. The highest BCUT2D eigenvalue weighted by molar-refractivity contribution is 6.06. The van der Waals surface area contributed by atoms with Crippen LogP contribution in [0.2, 0.25) is 0 Å². The molecule has 1 aromatic carbocycles. The zero-order valence-electron chi connectivity index (χ0n) is 9.52. The molecule has 1 aliphatic heterocycles. The largest absolute Gasteiger partial charge is 0.361 e. The lowest BCUT2D eigenvalue weighted by Gasteiger charge is -2.16. The number of benzene rings is 1. The van der Waals surface area contributed by atoms with Crippen molar-refractivity contribution in [3.63, 3.8) is 0 Å². The highest BCUT2D eigenvalue weighted by Gasteiger charge is 2.25. The summed E-state index contributed by atoms with van der Waals surface area (Å²) in [7, 11) is 0. The summed E-state index contributed by atoms with van der Waals surface area (Å²) in [6.45, 7) is 1.43. The first-order valence-corrected chi connectivity index (χ1v) is 5.86. The summed E-state index contributed by atoms with van der Waals surface area (Å²) in [5.41, 5.74) is 7.59. The number of nitrogens with two attached hydrogens (primary N) is 1. The zero-order valence-corrected chi connectivity index (χ0v) is 9.52. The third kappa shape index (κ3) is 1.70. The first kappa shape index (κ1) is 10.4. The number of fused-ring (bicyclic) bond motifs is 1. The maximum atomic E-state index is 12.4. The van der Waals surface area contributed by atoms with Crippen molar-refractivity contribution in [3.8, 4) is 0 Å². The molecule has 2 aromatic rings. The minimum absolute atomic E-state index is 0.0863. The average Bonchev–Trinajstić information content (AvgIpc) is 2.95. The second kappa shape index (κ2) is 3.89. The number of amides is 1. The van der Waals surface area contributed by atoms with Crippen LogP contribution in [-0.4, -0.2) is 34.9 Å². The van der Waals surface area contributed by atoms with Gasteiger partial charge < -0.3 is 15.6 Å². The Morgan fingerprint density at radius 1 is 1.41 bits per heavy atom. The maximum Gasteiger partial charge on any atom is 0.254 e. The van der Waals surface area contributed by atoms with Crippen LogP contribution in [0, 0.1) is 0 Å². The van der Waals surface area contributed by atoms with Gasteiger partial charge in [0.15, 0.2) is 0 Å². The van der Waals surface area contributed by atoms with E-state index < -0.39 is 0 Å². The molecule has 0 radical (unpaired) electrons. The van der Waals surface area contributed by atoms with Gasteiger partial charge in [-0.3, -0.25) is 4.79 Å². The Hall–Kier alpha value is -1.81. The summed E-state index contributed by atoms with van der Waals surface area (Å²) in [4.78, 5) is 17.3. The van der Waals surface area contributed by atoms with E-state index in [1.807, 2.05) is 35.4 Å². The van der Waals surface area contributed by atoms with Gasteiger partial charge >= 0.3 is 0 Å². The van der Waals surface area contributed by atoms with Crippen molar-refractivity contribution >= 4 is 16.8 Å². The molecule has 0 saturated carbocycles. The molecule has 0 spiro atoms. The minimum atomic E-state index is 0.0863. The van der Waals surface area contributed by atoms with E-state index in [1.165, 1.54) is 0 Å². The van der Waals surface area contributed by atoms with Crippen LogP contribution in [0.25, 0.3) is 10.9 Å². The van der Waals surface area contributed by atoms with Crippen LogP contribution in [0.4, 0.5) is 0 Å². The number of aromatic nitrogens is 1. The van der Waals surface area contributed by atoms with Crippen molar-refractivity contribution in [1.82, 2.24) is 9.88 Å². The molecular formula is C13H15N3O. The maximum absolute atomic E-state index is 12.4. The van der Waals surface area contributed by atoms with Gasteiger partial charge in [-0.15, -0.1) is 0 Å². The number of carbonyl (C=O) groups excluding carboxylic acids is 1. The first-order valence-electron chi connectivity index (χ1n) is 5.86. The molecule has 1 atom stereocenters. The third-order valence-corrected chi connectivity index (χ3v) is 3.34. The van der Waals surface area contributed by atoms with E-state index in [-0.39, 0.29) is 11.9 Å². The van der Waals surface area contributed by atoms with Gasteiger partial charge in [0.25, 0.3) is 5.91 Å². The van der Waals surface area contributed by atoms with Gasteiger partial charge in [0.1, 0.15) is 0 Å². The molecule has 0 bridgehead atoms. The number of hydrogen-bond donors (Lipinski definition) is 2. The number of nitrogens with zero attached hydrogens (tertiary/aromatic N) is 1. The predicted molar refractivity (Wildman–Crippen MR) is 66.8 cm³/mol. The molecule has 88 valence electrons. The SMILES string of the molecule is N[C@H]1CCN(C(=O)c2cccc3[nH]ccc23)C1. The molecule has 1 aliphatic rings. The van der Waals surface area contributed by atoms with Gasteiger partial charge in [-0.25, -0.2) is 0 Å². The Morgan fingerprint density at radius 3 is 3.06 bits per heavy atom. The molecule has 3 N–H and O–H groups in total. The van der Waals surface area contributed by atoms with Crippen molar-refractivity contribution in [2.45, 2.75) is 12.5 Å². The van der Waals surface area contributed by atoms with Gasteiger partial charge in [-0.2, -0.15) is 0 Å². The van der Waals surface area contributed by atoms with Crippen molar-refractivity contribution in [2.75, 3.05) is 13.1 Å². The first-order chi connectivity index (χ1) is 8.25. The number of rotatable bonds is 1. The lowest BCUT2D eigenvalue weighted by atomic mass is 10.1. The summed E-state index contributed by atoms with van der Waals surface area (Å²) < 4.78 is 0. The molecule has 1 fully saturated rings. The van der Waals surface area contributed by atoms with E-state index in [0.717, 1.165) is 29.4 Å². The monoisotopic (exact) mass is 229 g/mol. The molecule has 1 aromatic heterocycles. The van der Waals surface area contributed by atoms with Gasteiger partial charge in [-0.05, 0) is 24.6 Å². The number of carbonyl (C=O) groups is 1. The Bertz CT molecular complexity index is 561. The third-order valence-electron chi connectivity index (χ3n) is 3.34. The van der Waals surface area contributed by atoms with Gasteiger partial charge in [0, 0.05) is 41.8 Å². The molecule has 1 amide bonds. The molecule has 4 heteroatoms. The van der Waals surface area contributed by atoms with Crippen molar-refractivity contribution in [2.24, 2.45) is 5.73 Å². The molecule has 0 aliphatic carbocycles. The Balaban J connectivity index is 1.98. The fraction of sp³-hybridized carbons (Fsp3) is 0.308. The molecule has 2 heterocycles. The molecule has 1 saturated heterocycles. The molecular weight excluding hydrogens is 214 g/mol. The number of aromatic amines is 1. The highest BCUT2D eigenvalue weighted by Crippen LogP contribution is 2.20. The van der Waals surface area contributed by atoms with E-state index in [4.69, 9.17) is 5.73 Å². The van der Waals surface area contributed by atoms with Crippen molar-refractivity contribution in [3.05, 3.63) is 36.0 Å². The van der Waals surface area contributed by atoms with Crippen molar-refractivity contribution in [1.29, 1.82) is 0 Å². The zero-order chi connectivity index (χ0) is 11.8. The lowest BCUT2D eigenvalue weighted by Crippen LogP contribution is -2.31. The number of H-pyrrole nitrogens is 1.